The van der Waals surface area contributed by atoms with Crippen LogP contribution in [0, 0.1) is 13.8 Å². The highest BCUT2D eigenvalue weighted by Gasteiger charge is 2.45. The summed E-state index contributed by atoms with van der Waals surface area (Å²) in [6, 6.07) is 2.09. The van der Waals surface area contributed by atoms with Crippen LogP contribution in [0.2, 0.25) is 0 Å². The zero-order valence-electron chi connectivity index (χ0n) is 13.0. The molecule has 1 aliphatic carbocycles. The van der Waals surface area contributed by atoms with Gasteiger partial charge < -0.3 is 19.4 Å². The summed E-state index contributed by atoms with van der Waals surface area (Å²) < 4.78 is 11.7. The van der Waals surface area contributed by atoms with Gasteiger partial charge in [0, 0.05) is 24.5 Å². The second-order valence-electron chi connectivity index (χ2n) is 5.96. The Morgan fingerprint density at radius 2 is 2.29 bits per heavy atom. The van der Waals surface area contributed by atoms with Gasteiger partial charge in [-0.05, 0) is 39.7 Å². The Bertz CT molecular complexity index is 526. The van der Waals surface area contributed by atoms with Gasteiger partial charge in [0.15, 0.2) is 0 Å². The third-order valence-corrected chi connectivity index (χ3v) is 4.56. The standard InChI is InChI=1S/C16H24N2O3/c1-4-20-14-6-5-13-15(14)21-8-7-18(13)16(19)12-9-10(2)17-11(12)3/h9,13-15,17H,4-8H2,1-3H3/t13-,14-,15+/m1/s1. The molecular weight excluding hydrogens is 268 g/mol. The number of carbonyl (C=O) groups excluding carboxylic acids is 1. The molecule has 0 spiro atoms. The van der Waals surface area contributed by atoms with Crippen molar-refractivity contribution >= 4 is 5.91 Å². The number of hydrogen-bond acceptors (Lipinski definition) is 3. The van der Waals surface area contributed by atoms with Crippen molar-refractivity contribution in [2.45, 2.75) is 51.9 Å². The van der Waals surface area contributed by atoms with E-state index >= 15 is 0 Å². The third-order valence-electron chi connectivity index (χ3n) is 4.56. The van der Waals surface area contributed by atoms with Crippen LogP contribution >= 0.6 is 0 Å². The largest absolute Gasteiger partial charge is 0.376 e. The number of rotatable bonds is 3. The van der Waals surface area contributed by atoms with Crippen molar-refractivity contribution in [3.05, 3.63) is 23.0 Å². The fourth-order valence-electron chi connectivity index (χ4n) is 3.66. The maximum atomic E-state index is 12.9. The summed E-state index contributed by atoms with van der Waals surface area (Å²) in [5.74, 6) is 0.118. The number of ether oxygens (including phenoxy) is 2. The molecule has 1 aromatic rings. The first-order chi connectivity index (χ1) is 10.1. The van der Waals surface area contributed by atoms with Gasteiger partial charge in [-0.3, -0.25) is 4.79 Å². The molecule has 116 valence electrons. The smallest absolute Gasteiger partial charge is 0.256 e. The molecule has 2 fully saturated rings. The fraction of sp³-hybridized carbons (Fsp3) is 0.688. The van der Waals surface area contributed by atoms with Crippen LogP contribution in [0.4, 0.5) is 0 Å². The minimum Gasteiger partial charge on any atom is -0.376 e. The summed E-state index contributed by atoms with van der Waals surface area (Å²) in [5, 5.41) is 0. The Kier molecular flexibility index (Phi) is 4.04. The molecule has 1 aromatic heterocycles. The predicted octanol–water partition coefficient (Wildman–Crippen LogP) is 2.04. The molecule has 5 nitrogen and oxygen atoms in total. The second kappa shape index (κ2) is 5.81. The molecule has 1 saturated heterocycles. The average molecular weight is 292 g/mol. The van der Waals surface area contributed by atoms with Crippen LogP contribution in [0.3, 0.4) is 0 Å². The van der Waals surface area contributed by atoms with Crippen LogP contribution < -0.4 is 0 Å². The minimum atomic E-state index is 0.0306. The van der Waals surface area contributed by atoms with Crippen molar-refractivity contribution in [1.29, 1.82) is 0 Å². The summed E-state index contributed by atoms with van der Waals surface area (Å²) >= 11 is 0. The Morgan fingerprint density at radius 3 is 2.95 bits per heavy atom. The van der Waals surface area contributed by atoms with Crippen LogP contribution in [0.1, 0.15) is 41.5 Å². The molecular formula is C16H24N2O3. The number of nitrogens with one attached hydrogen (secondary N) is 1. The number of nitrogens with zero attached hydrogens (tertiary/aromatic N) is 1. The molecule has 1 amide bonds. The first-order valence-electron chi connectivity index (χ1n) is 7.82. The van der Waals surface area contributed by atoms with E-state index in [9.17, 15) is 4.79 Å². The van der Waals surface area contributed by atoms with Gasteiger partial charge in [-0.15, -0.1) is 0 Å². The zero-order chi connectivity index (χ0) is 15.0. The third kappa shape index (κ3) is 2.60. The normalized spacial score (nSPS) is 28.7. The highest BCUT2D eigenvalue weighted by Crippen LogP contribution is 2.33. The van der Waals surface area contributed by atoms with Crippen LogP contribution in [-0.4, -0.2) is 53.8 Å². The van der Waals surface area contributed by atoms with Crippen molar-refractivity contribution < 1.29 is 14.3 Å². The van der Waals surface area contributed by atoms with Gasteiger partial charge in [-0.2, -0.15) is 0 Å². The van der Waals surface area contributed by atoms with E-state index in [2.05, 4.69) is 4.98 Å². The van der Waals surface area contributed by atoms with Crippen LogP contribution in [0.15, 0.2) is 6.07 Å². The number of H-pyrrole nitrogens is 1. The van der Waals surface area contributed by atoms with Crippen LogP contribution in [0.5, 0.6) is 0 Å². The summed E-state index contributed by atoms with van der Waals surface area (Å²) in [7, 11) is 0. The van der Waals surface area contributed by atoms with E-state index in [0.717, 1.165) is 29.8 Å². The lowest BCUT2D eigenvalue weighted by Gasteiger charge is -2.39. The van der Waals surface area contributed by atoms with Gasteiger partial charge in [0.2, 0.25) is 0 Å². The number of amides is 1. The topological polar surface area (TPSA) is 54.6 Å². The van der Waals surface area contributed by atoms with E-state index in [0.29, 0.717) is 19.8 Å². The lowest BCUT2D eigenvalue weighted by atomic mass is 10.1. The van der Waals surface area contributed by atoms with Gasteiger partial charge in [0.25, 0.3) is 5.91 Å². The molecule has 1 saturated carbocycles. The molecule has 21 heavy (non-hydrogen) atoms. The number of aromatic amines is 1. The van der Waals surface area contributed by atoms with Crippen LogP contribution in [-0.2, 0) is 9.47 Å². The monoisotopic (exact) mass is 292 g/mol. The first-order valence-corrected chi connectivity index (χ1v) is 7.82. The molecule has 0 aromatic carbocycles. The molecule has 1 N–H and O–H groups in total. The number of hydrogen-bond donors (Lipinski definition) is 1. The van der Waals surface area contributed by atoms with E-state index in [1.807, 2.05) is 31.7 Å². The number of aryl methyl sites for hydroxylation is 2. The second-order valence-corrected chi connectivity index (χ2v) is 5.96. The predicted molar refractivity (Wildman–Crippen MR) is 79.5 cm³/mol. The zero-order valence-corrected chi connectivity index (χ0v) is 13.0. The first kappa shape index (κ1) is 14.6. The van der Waals surface area contributed by atoms with Crippen LogP contribution in [0.25, 0.3) is 0 Å². The summed E-state index contributed by atoms with van der Waals surface area (Å²) in [6.45, 7) is 7.90. The van der Waals surface area contributed by atoms with Crippen molar-refractivity contribution in [2.24, 2.45) is 0 Å². The van der Waals surface area contributed by atoms with Gasteiger partial charge in [-0.25, -0.2) is 0 Å². The molecule has 2 aliphatic rings. The van der Waals surface area contributed by atoms with E-state index in [-0.39, 0.29) is 24.2 Å². The molecule has 3 rings (SSSR count). The van der Waals surface area contributed by atoms with Crippen molar-refractivity contribution in [2.75, 3.05) is 19.8 Å². The van der Waals surface area contributed by atoms with E-state index in [1.165, 1.54) is 0 Å². The summed E-state index contributed by atoms with van der Waals surface area (Å²) in [5.41, 5.74) is 2.76. The lowest BCUT2D eigenvalue weighted by Crippen LogP contribution is -2.54. The SMILES string of the molecule is CCO[C@@H]1CC[C@@H]2[C@@H]1OCCN2C(=O)c1cc(C)[nH]c1C. The summed E-state index contributed by atoms with van der Waals surface area (Å²) in [4.78, 5) is 18.1. The maximum absolute atomic E-state index is 12.9. The Morgan fingerprint density at radius 1 is 1.48 bits per heavy atom. The molecule has 0 unspecified atom stereocenters. The molecule has 1 aliphatic heterocycles. The number of aromatic nitrogens is 1. The fourth-order valence-corrected chi connectivity index (χ4v) is 3.66. The summed E-state index contributed by atoms with van der Waals surface area (Å²) in [6.07, 6.45) is 2.09. The average Bonchev–Trinajstić information content (AvgIpc) is 3.02. The number of fused-ring (bicyclic) bond motifs is 1. The number of morpholine rings is 1. The Labute approximate surface area is 125 Å². The molecule has 0 radical (unpaired) electrons. The van der Waals surface area contributed by atoms with Gasteiger partial charge in [0.05, 0.1) is 24.3 Å². The highest BCUT2D eigenvalue weighted by molar-refractivity contribution is 5.96. The lowest BCUT2D eigenvalue weighted by molar-refractivity contribution is -0.102. The van der Waals surface area contributed by atoms with E-state index < -0.39 is 0 Å². The van der Waals surface area contributed by atoms with Crippen molar-refractivity contribution in [1.82, 2.24) is 9.88 Å². The quantitative estimate of drug-likeness (QED) is 0.927. The highest BCUT2D eigenvalue weighted by atomic mass is 16.5. The van der Waals surface area contributed by atoms with Gasteiger partial charge >= 0.3 is 0 Å². The van der Waals surface area contributed by atoms with Crippen molar-refractivity contribution in [3.8, 4) is 0 Å². The van der Waals surface area contributed by atoms with Gasteiger partial charge in [-0.1, -0.05) is 0 Å². The van der Waals surface area contributed by atoms with E-state index in [1.54, 1.807) is 0 Å². The molecule has 2 heterocycles. The van der Waals surface area contributed by atoms with Gasteiger partial charge in [0.1, 0.15) is 6.10 Å². The Hall–Kier alpha value is -1.33. The minimum absolute atomic E-state index is 0.0306. The molecule has 3 atom stereocenters. The Balaban J connectivity index is 1.79. The van der Waals surface area contributed by atoms with Crippen molar-refractivity contribution in [3.63, 3.8) is 0 Å². The van der Waals surface area contributed by atoms with E-state index in [4.69, 9.17) is 9.47 Å². The number of carbonyl (C=O) groups is 1. The maximum Gasteiger partial charge on any atom is 0.256 e. The molecule has 5 heteroatoms. The molecule has 0 bridgehead atoms.